The largest absolute Gasteiger partial charge is 0.324 e. The zero-order valence-electron chi connectivity index (χ0n) is 15.1. The van der Waals surface area contributed by atoms with Crippen LogP contribution in [-0.4, -0.2) is 18.1 Å². The van der Waals surface area contributed by atoms with Crippen LogP contribution >= 0.6 is 22.6 Å². The van der Waals surface area contributed by atoms with Gasteiger partial charge in [-0.15, -0.1) is 0 Å². The molecule has 1 N–H and O–H groups in total. The minimum Gasteiger partial charge on any atom is -0.324 e. The number of rotatable bonds is 3. The van der Waals surface area contributed by atoms with Gasteiger partial charge in [0.25, 0.3) is 0 Å². The Kier molecular flexibility index (Phi) is 4.56. The zero-order valence-corrected chi connectivity index (χ0v) is 17.2. The summed E-state index contributed by atoms with van der Waals surface area (Å²) in [6, 6.07) is 25.7. The molecule has 3 atom stereocenters. The van der Waals surface area contributed by atoms with Gasteiger partial charge < -0.3 is 5.32 Å². The van der Waals surface area contributed by atoms with Crippen LogP contribution in [0.25, 0.3) is 0 Å². The average Bonchev–Trinajstić information content (AvgIpc) is 3.26. The number of anilines is 2. The fourth-order valence-corrected chi connectivity index (χ4v) is 4.60. The Balaban J connectivity index is 1.51. The third kappa shape index (κ3) is 3.08. The second-order valence-electron chi connectivity index (χ2n) is 7.17. The summed E-state index contributed by atoms with van der Waals surface area (Å²) < 4.78 is 1.13. The van der Waals surface area contributed by atoms with Gasteiger partial charge in [0.1, 0.15) is 6.04 Å². The number of fused-ring (bicyclic) bond motifs is 3. The van der Waals surface area contributed by atoms with Crippen molar-refractivity contribution in [3.63, 3.8) is 0 Å². The van der Waals surface area contributed by atoms with Crippen molar-refractivity contribution in [2.24, 2.45) is 0 Å². The van der Waals surface area contributed by atoms with E-state index in [9.17, 15) is 4.79 Å². The number of halogens is 1. The van der Waals surface area contributed by atoms with Gasteiger partial charge in [-0.3, -0.25) is 9.63 Å². The normalized spacial score (nSPS) is 22.6. The Bertz CT molecular complexity index is 1010. The Morgan fingerprint density at radius 1 is 0.964 bits per heavy atom. The molecule has 1 saturated heterocycles. The molecule has 0 spiro atoms. The molecule has 0 bridgehead atoms. The predicted octanol–water partition coefficient (Wildman–Crippen LogP) is 4.76. The molecule has 28 heavy (non-hydrogen) atoms. The van der Waals surface area contributed by atoms with E-state index in [1.54, 1.807) is 5.06 Å². The van der Waals surface area contributed by atoms with Crippen molar-refractivity contribution < 1.29 is 9.63 Å². The first-order valence-electron chi connectivity index (χ1n) is 9.36. The van der Waals surface area contributed by atoms with Crippen LogP contribution in [0.4, 0.5) is 11.4 Å². The smallest absolute Gasteiger partial charge is 0.250 e. The Morgan fingerprint density at radius 3 is 2.46 bits per heavy atom. The van der Waals surface area contributed by atoms with Gasteiger partial charge in [-0.1, -0.05) is 42.5 Å². The van der Waals surface area contributed by atoms with E-state index in [2.05, 4.69) is 46.1 Å². The first kappa shape index (κ1) is 17.7. The van der Waals surface area contributed by atoms with E-state index in [1.807, 2.05) is 60.7 Å². The molecule has 5 rings (SSSR count). The van der Waals surface area contributed by atoms with Gasteiger partial charge in [0.15, 0.2) is 0 Å². The van der Waals surface area contributed by atoms with Crippen molar-refractivity contribution in [2.45, 2.75) is 24.5 Å². The quantitative estimate of drug-likeness (QED) is 0.548. The molecule has 1 fully saturated rings. The monoisotopic (exact) mass is 482 g/mol. The van der Waals surface area contributed by atoms with Crippen LogP contribution in [0.15, 0.2) is 78.9 Å². The van der Waals surface area contributed by atoms with Crippen molar-refractivity contribution in [3.05, 3.63) is 93.6 Å². The SMILES string of the molecule is O=C(Nc1ccc(I)cc1)[C@@H]1[C@H]2c3ccccc3C[C@H]2ON1c1ccccc1. The fourth-order valence-electron chi connectivity index (χ4n) is 4.24. The third-order valence-corrected chi connectivity index (χ3v) is 6.19. The van der Waals surface area contributed by atoms with E-state index >= 15 is 0 Å². The lowest BCUT2D eigenvalue weighted by atomic mass is 9.91. The van der Waals surface area contributed by atoms with Crippen LogP contribution in [0, 0.1) is 3.57 Å². The van der Waals surface area contributed by atoms with E-state index in [0.717, 1.165) is 21.4 Å². The van der Waals surface area contributed by atoms with Crippen molar-refractivity contribution in [2.75, 3.05) is 10.4 Å². The molecule has 0 radical (unpaired) electrons. The van der Waals surface area contributed by atoms with E-state index in [4.69, 9.17) is 4.84 Å². The maximum absolute atomic E-state index is 13.4. The summed E-state index contributed by atoms with van der Waals surface area (Å²) in [7, 11) is 0. The molecule has 0 aromatic heterocycles. The predicted molar refractivity (Wildman–Crippen MR) is 118 cm³/mol. The van der Waals surface area contributed by atoms with Crippen molar-refractivity contribution >= 4 is 39.9 Å². The molecule has 0 unspecified atom stereocenters. The summed E-state index contributed by atoms with van der Waals surface area (Å²) in [5.41, 5.74) is 4.19. The second kappa shape index (κ2) is 7.22. The number of nitrogens with one attached hydrogen (secondary N) is 1. The zero-order chi connectivity index (χ0) is 19.1. The van der Waals surface area contributed by atoms with Gasteiger partial charge in [-0.25, -0.2) is 5.06 Å². The molecule has 5 heteroatoms. The van der Waals surface area contributed by atoms with E-state index in [-0.39, 0.29) is 17.9 Å². The third-order valence-electron chi connectivity index (χ3n) is 5.47. The van der Waals surface area contributed by atoms with Gasteiger partial charge in [-0.2, -0.15) is 0 Å². The van der Waals surface area contributed by atoms with Crippen LogP contribution in [0.1, 0.15) is 17.0 Å². The highest BCUT2D eigenvalue weighted by Crippen LogP contribution is 2.46. The van der Waals surface area contributed by atoms with E-state index in [0.29, 0.717) is 0 Å². The lowest BCUT2D eigenvalue weighted by Crippen LogP contribution is -2.42. The van der Waals surface area contributed by atoms with Crippen LogP contribution in [0.5, 0.6) is 0 Å². The molecule has 1 amide bonds. The number of para-hydroxylation sites is 1. The lowest BCUT2D eigenvalue weighted by molar-refractivity contribution is -0.118. The van der Waals surface area contributed by atoms with Gasteiger partial charge in [0.2, 0.25) is 5.91 Å². The minimum atomic E-state index is -0.421. The summed E-state index contributed by atoms with van der Waals surface area (Å²) >= 11 is 2.26. The van der Waals surface area contributed by atoms with E-state index < -0.39 is 6.04 Å². The maximum atomic E-state index is 13.4. The van der Waals surface area contributed by atoms with Crippen molar-refractivity contribution in [1.29, 1.82) is 0 Å². The molecule has 3 aromatic carbocycles. The molecule has 140 valence electrons. The van der Waals surface area contributed by atoms with Crippen LogP contribution in [0.2, 0.25) is 0 Å². The maximum Gasteiger partial charge on any atom is 0.250 e. The molecule has 1 aliphatic carbocycles. The number of carbonyl (C=O) groups excluding carboxylic acids is 1. The summed E-state index contributed by atoms with van der Waals surface area (Å²) in [5.74, 6) is -0.0329. The average molecular weight is 482 g/mol. The highest BCUT2D eigenvalue weighted by atomic mass is 127. The van der Waals surface area contributed by atoms with Crippen LogP contribution in [0.3, 0.4) is 0 Å². The standard InChI is InChI=1S/C23H19IN2O2/c24-16-10-12-17(13-11-16)25-23(27)22-21-19-9-5-4-6-15(19)14-20(21)28-26(22)18-7-2-1-3-8-18/h1-13,20-22H,14H2,(H,25,27)/t20-,21+,22+/m1/s1. The van der Waals surface area contributed by atoms with Gasteiger partial charge in [-0.05, 0) is 70.1 Å². The van der Waals surface area contributed by atoms with E-state index in [1.165, 1.54) is 11.1 Å². The molecule has 0 saturated carbocycles. The van der Waals surface area contributed by atoms with Gasteiger partial charge in [0, 0.05) is 21.6 Å². The lowest BCUT2D eigenvalue weighted by Gasteiger charge is -2.27. The summed E-state index contributed by atoms with van der Waals surface area (Å²) in [5, 5.41) is 4.89. The number of hydrogen-bond donors (Lipinski definition) is 1. The molecular weight excluding hydrogens is 463 g/mol. The first-order chi connectivity index (χ1) is 13.7. The second-order valence-corrected chi connectivity index (χ2v) is 8.42. The number of amides is 1. The van der Waals surface area contributed by atoms with Gasteiger partial charge >= 0.3 is 0 Å². The summed E-state index contributed by atoms with van der Waals surface area (Å²) in [6.07, 6.45) is 0.808. The fraction of sp³-hybridized carbons (Fsp3) is 0.174. The van der Waals surface area contributed by atoms with Crippen LogP contribution in [-0.2, 0) is 16.1 Å². The molecule has 4 nitrogen and oxygen atoms in total. The highest BCUT2D eigenvalue weighted by molar-refractivity contribution is 14.1. The molecular formula is C23H19IN2O2. The summed E-state index contributed by atoms with van der Waals surface area (Å²) in [6.45, 7) is 0. The molecule has 2 aliphatic rings. The number of hydroxylamine groups is 1. The topological polar surface area (TPSA) is 41.6 Å². The Hall–Kier alpha value is -2.38. The molecule has 3 aromatic rings. The number of benzene rings is 3. The minimum absolute atomic E-state index is 0.0141. The van der Waals surface area contributed by atoms with Crippen molar-refractivity contribution in [3.8, 4) is 0 Å². The molecule has 1 heterocycles. The number of hydrogen-bond acceptors (Lipinski definition) is 3. The number of carbonyl (C=O) groups is 1. The Labute approximate surface area is 177 Å². The molecule has 1 aliphatic heterocycles. The Morgan fingerprint density at radius 2 is 1.68 bits per heavy atom. The summed E-state index contributed by atoms with van der Waals surface area (Å²) in [4.78, 5) is 19.7. The van der Waals surface area contributed by atoms with Crippen molar-refractivity contribution in [1.82, 2.24) is 0 Å². The van der Waals surface area contributed by atoms with Crippen LogP contribution < -0.4 is 10.4 Å². The van der Waals surface area contributed by atoms with Gasteiger partial charge in [0.05, 0.1) is 11.8 Å². The highest BCUT2D eigenvalue weighted by Gasteiger charge is 2.52. The number of nitrogens with zero attached hydrogens (tertiary/aromatic N) is 1. The first-order valence-corrected chi connectivity index (χ1v) is 10.4.